The summed E-state index contributed by atoms with van der Waals surface area (Å²) in [7, 11) is -0.988. The van der Waals surface area contributed by atoms with Crippen LogP contribution in [-0.4, -0.2) is 36.5 Å². The molecule has 0 radical (unpaired) electrons. The first kappa shape index (κ1) is 28.1. The first-order chi connectivity index (χ1) is 17.3. The number of ether oxygens (including phenoxy) is 2. The minimum absolute atomic E-state index is 0.114. The Balaban J connectivity index is 1.99. The normalized spacial score (nSPS) is 14.4. The van der Waals surface area contributed by atoms with E-state index < -0.39 is 47.4 Å². The van der Waals surface area contributed by atoms with Crippen LogP contribution >= 0.6 is 0 Å². The van der Waals surface area contributed by atoms with Crippen molar-refractivity contribution in [3.63, 3.8) is 0 Å². The molecule has 4 nitrogen and oxygen atoms in total. The van der Waals surface area contributed by atoms with Gasteiger partial charge in [0.1, 0.15) is 0 Å². The molecule has 0 aliphatic carbocycles. The van der Waals surface area contributed by atoms with Gasteiger partial charge in [0.2, 0.25) is 0 Å². The fourth-order valence-electron chi connectivity index (χ4n) is 3.06. The summed E-state index contributed by atoms with van der Waals surface area (Å²) in [4.78, 5) is 26.6. The molecule has 3 aromatic carbocycles. The first-order valence-corrected chi connectivity index (χ1v) is 12.0. The van der Waals surface area contributed by atoms with E-state index in [2.05, 4.69) is 9.47 Å². The Bertz CT molecular complexity index is 1170. The summed E-state index contributed by atoms with van der Waals surface area (Å²) in [5, 5.41) is 0. The van der Waals surface area contributed by atoms with E-state index in [0.717, 1.165) is 18.7 Å². The predicted molar refractivity (Wildman–Crippen MR) is 123 cm³/mol. The standard InChI is InChI=1S/C26H21F6O4S/c1-16(25(27,28)29)35-23(33)18-8-6-12-21(14-18)37(20-10-4-3-5-11-20)22-13-7-9-19(15-22)24(34)36-17(2)26(30,31)32/h3-17H,1-2H3/q+1. The van der Waals surface area contributed by atoms with Crippen LogP contribution in [0.15, 0.2) is 93.5 Å². The van der Waals surface area contributed by atoms with Crippen LogP contribution in [0.1, 0.15) is 34.6 Å². The third-order valence-corrected chi connectivity index (χ3v) is 7.27. The van der Waals surface area contributed by atoms with Crippen LogP contribution < -0.4 is 0 Å². The SMILES string of the molecule is CC(OC(=O)c1cccc([S+](c2ccccc2)c2cccc(C(=O)OC(C)C(F)(F)F)c2)c1)C(F)(F)F. The Morgan fingerprint density at radius 2 is 1.00 bits per heavy atom. The minimum Gasteiger partial charge on any atom is -0.449 e. The van der Waals surface area contributed by atoms with Crippen LogP contribution in [0.5, 0.6) is 0 Å². The Morgan fingerprint density at radius 1 is 0.622 bits per heavy atom. The number of hydrogen-bond acceptors (Lipinski definition) is 4. The average Bonchev–Trinajstić information content (AvgIpc) is 2.84. The summed E-state index contributed by atoms with van der Waals surface area (Å²) in [5.74, 6) is -2.33. The van der Waals surface area contributed by atoms with Crippen molar-refractivity contribution < 1.29 is 45.4 Å². The average molecular weight is 544 g/mol. The van der Waals surface area contributed by atoms with E-state index in [-0.39, 0.29) is 11.1 Å². The molecule has 0 fully saturated rings. The summed E-state index contributed by atoms with van der Waals surface area (Å²) in [5.41, 5.74) is -0.229. The van der Waals surface area contributed by atoms with E-state index in [4.69, 9.17) is 0 Å². The van der Waals surface area contributed by atoms with Gasteiger partial charge in [-0.05, 0) is 50.2 Å². The molecule has 0 saturated carbocycles. The van der Waals surface area contributed by atoms with Gasteiger partial charge in [-0.25, -0.2) is 9.59 Å². The highest BCUT2D eigenvalue weighted by atomic mass is 32.2. The highest BCUT2D eigenvalue weighted by Crippen LogP contribution is 2.33. The van der Waals surface area contributed by atoms with Crippen LogP contribution in [0, 0.1) is 0 Å². The van der Waals surface area contributed by atoms with Crippen molar-refractivity contribution in [3.8, 4) is 0 Å². The van der Waals surface area contributed by atoms with Crippen molar-refractivity contribution in [1.29, 1.82) is 0 Å². The van der Waals surface area contributed by atoms with Crippen LogP contribution in [0.2, 0.25) is 0 Å². The zero-order chi connectivity index (χ0) is 27.4. The number of esters is 2. The van der Waals surface area contributed by atoms with Gasteiger partial charge in [-0.1, -0.05) is 30.3 Å². The Morgan fingerprint density at radius 3 is 1.38 bits per heavy atom. The van der Waals surface area contributed by atoms with Crippen LogP contribution in [-0.2, 0) is 20.4 Å². The van der Waals surface area contributed by atoms with Gasteiger partial charge in [-0.3, -0.25) is 0 Å². The number of benzene rings is 3. The van der Waals surface area contributed by atoms with E-state index in [0.29, 0.717) is 9.79 Å². The van der Waals surface area contributed by atoms with Gasteiger partial charge in [0.25, 0.3) is 0 Å². The summed E-state index contributed by atoms with van der Waals surface area (Å²) >= 11 is 0. The van der Waals surface area contributed by atoms with Crippen LogP contribution in [0.4, 0.5) is 26.3 Å². The molecule has 11 heteroatoms. The number of hydrogen-bond donors (Lipinski definition) is 0. The van der Waals surface area contributed by atoms with Crippen molar-refractivity contribution >= 4 is 22.8 Å². The molecule has 0 bridgehead atoms. The molecule has 0 spiro atoms. The molecule has 0 N–H and O–H groups in total. The maximum Gasteiger partial charge on any atom is 0.425 e. The molecule has 0 aromatic heterocycles. The Kier molecular flexibility index (Phi) is 8.57. The summed E-state index contributed by atoms with van der Waals surface area (Å²) in [6.07, 6.45) is -14.1. The fraction of sp³-hybridized carbons (Fsp3) is 0.231. The van der Waals surface area contributed by atoms with E-state index in [1.165, 1.54) is 36.4 Å². The van der Waals surface area contributed by atoms with Crippen molar-refractivity contribution in [2.75, 3.05) is 0 Å². The minimum atomic E-state index is -4.72. The van der Waals surface area contributed by atoms with E-state index in [9.17, 15) is 35.9 Å². The molecular formula is C26H21F6O4S+. The molecule has 3 rings (SSSR count). The lowest BCUT2D eigenvalue weighted by Gasteiger charge is -2.17. The van der Waals surface area contributed by atoms with Crippen LogP contribution in [0.25, 0.3) is 0 Å². The smallest absolute Gasteiger partial charge is 0.425 e. The number of alkyl halides is 6. The van der Waals surface area contributed by atoms with Crippen LogP contribution in [0.3, 0.4) is 0 Å². The van der Waals surface area contributed by atoms with Gasteiger partial charge in [-0.2, -0.15) is 26.3 Å². The molecule has 2 unspecified atom stereocenters. The van der Waals surface area contributed by atoms with E-state index in [1.807, 2.05) is 0 Å². The molecule has 0 heterocycles. The summed E-state index contributed by atoms with van der Waals surface area (Å²) in [6.45, 7) is 1.45. The van der Waals surface area contributed by atoms with Gasteiger partial charge in [0.15, 0.2) is 26.9 Å². The highest BCUT2D eigenvalue weighted by molar-refractivity contribution is 7.97. The highest BCUT2D eigenvalue weighted by Gasteiger charge is 2.40. The second kappa shape index (κ2) is 11.3. The lowest BCUT2D eigenvalue weighted by atomic mass is 10.2. The third kappa shape index (κ3) is 7.28. The van der Waals surface area contributed by atoms with Crippen molar-refractivity contribution in [3.05, 3.63) is 90.0 Å². The molecule has 196 valence electrons. The fourth-order valence-corrected chi connectivity index (χ4v) is 5.22. The molecule has 0 saturated heterocycles. The lowest BCUT2D eigenvalue weighted by Crippen LogP contribution is -2.31. The predicted octanol–water partition coefficient (Wildman–Crippen LogP) is 7.00. The summed E-state index contributed by atoms with van der Waals surface area (Å²) < 4.78 is 86.2. The van der Waals surface area contributed by atoms with E-state index >= 15 is 0 Å². The van der Waals surface area contributed by atoms with Crippen molar-refractivity contribution in [2.45, 2.75) is 53.1 Å². The third-order valence-electron chi connectivity index (χ3n) is 5.08. The number of carbonyl (C=O) groups is 2. The molecule has 0 aliphatic rings. The largest absolute Gasteiger partial charge is 0.449 e. The van der Waals surface area contributed by atoms with E-state index in [1.54, 1.807) is 42.5 Å². The molecular weight excluding hydrogens is 522 g/mol. The second-order valence-corrected chi connectivity index (χ2v) is 9.88. The number of rotatable bonds is 7. The second-order valence-electron chi connectivity index (χ2n) is 7.85. The van der Waals surface area contributed by atoms with Crippen molar-refractivity contribution in [2.24, 2.45) is 0 Å². The Labute approximate surface area is 211 Å². The monoisotopic (exact) mass is 543 g/mol. The molecule has 37 heavy (non-hydrogen) atoms. The number of halogens is 6. The topological polar surface area (TPSA) is 52.6 Å². The van der Waals surface area contributed by atoms with Gasteiger partial charge in [0.05, 0.1) is 22.0 Å². The maximum atomic E-state index is 12.8. The Hall–Kier alpha value is -3.47. The van der Waals surface area contributed by atoms with Crippen molar-refractivity contribution in [1.82, 2.24) is 0 Å². The summed E-state index contributed by atoms with van der Waals surface area (Å²) in [6, 6.07) is 20.5. The zero-order valence-electron chi connectivity index (χ0n) is 19.5. The zero-order valence-corrected chi connectivity index (χ0v) is 20.3. The number of carbonyl (C=O) groups excluding carboxylic acids is 2. The lowest BCUT2D eigenvalue weighted by molar-refractivity contribution is -0.198. The first-order valence-electron chi connectivity index (χ1n) is 10.8. The molecule has 0 aliphatic heterocycles. The molecule has 3 aromatic rings. The molecule has 2 atom stereocenters. The van der Waals surface area contributed by atoms with Gasteiger partial charge >= 0.3 is 24.3 Å². The van der Waals surface area contributed by atoms with Gasteiger partial charge < -0.3 is 9.47 Å². The molecule has 0 amide bonds. The van der Waals surface area contributed by atoms with Gasteiger partial charge in [-0.15, -0.1) is 0 Å². The quantitative estimate of drug-likeness (QED) is 0.183. The maximum absolute atomic E-state index is 12.8. The van der Waals surface area contributed by atoms with Gasteiger partial charge in [0, 0.05) is 12.1 Å².